The van der Waals surface area contributed by atoms with Crippen LogP contribution in [0, 0.1) is 0 Å². The first kappa shape index (κ1) is 10.5. The van der Waals surface area contributed by atoms with E-state index in [-0.39, 0.29) is 12.0 Å². The summed E-state index contributed by atoms with van der Waals surface area (Å²) < 4.78 is 4.87. The van der Waals surface area contributed by atoms with Gasteiger partial charge in [0.1, 0.15) is 0 Å². The number of hydrogen-bond acceptors (Lipinski definition) is 3. The van der Waals surface area contributed by atoms with Crippen LogP contribution in [-0.4, -0.2) is 24.7 Å². The van der Waals surface area contributed by atoms with E-state index in [1.165, 1.54) is 19.3 Å². The molecule has 1 fully saturated rings. The first-order valence-corrected chi connectivity index (χ1v) is 5.14. The van der Waals surface area contributed by atoms with Crippen molar-refractivity contribution in [2.75, 3.05) is 6.61 Å². The third kappa shape index (κ3) is 3.77. The van der Waals surface area contributed by atoms with Gasteiger partial charge in [-0.2, -0.15) is 0 Å². The highest BCUT2D eigenvalue weighted by molar-refractivity contribution is 5.70. The van der Waals surface area contributed by atoms with E-state index in [2.05, 4.69) is 5.32 Å². The second-order valence-electron chi connectivity index (χ2n) is 3.70. The van der Waals surface area contributed by atoms with Gasteiger partial charge in [-0.15, -0.1) is 0 Å². The molecule has 0 aromatic rings. The highest BCUT2D eigenvalue weighted by Crippen LogP contribution is 2.18. The highest BCUT2D eigenvalue weighted by atomic mass is 16.5. The van der Waals surface area contributed by atoms with Crippen LogP contribution in [0.1, 0.15) is 39.5 Å². The molecular formula is C10H19NO2. The normalized spacial score (nSPS) is 19.2. The molecule has 0 saturated heterocycles. The molecule has 0 heterocycles. The SMILES string of the molecule is CCOC(=O)CC(C)NC1CCC1. The van der Waals surface area contributed by atoms with Gasteiger partial charge in [0.05, 0.1) is 13.0 Å². The van der Waals surface area contributed by atoms with Crippen molar-refractivity contribution in [1.82, 2.24) is 5.32 Å². The fourth-order valence-corrected chi connectivity index (χ4v) is 1.51. The summed E-state index contributed by atoms with van der Waals surface area (Å²) in [5.41, 5.74) is 0. The summed E-state index contributed by atoms with van der Waals surface area (Å²) in [5.74, 6) is -0.0955. The van der Waals surface area contributed by atoms with E-state index in [1.807, 2.05) is 13.8 Å². The van der Waals surface area contributed by atoms with Crippen LogP contribution in [0.15, 0.2) is 0 Å². The van der Waals surface area contributed by atoms with E-state index in [9.17, 15) is 4.79 Å². The van der Waals surface area contributed by atoms with Gasteiger partial charge >= 0.3 is 5.97 Å². The minimum Gasteiger partial charge on any atom is -0.466 e. The molecule has 13 heavy (non-hydrogen) atoms. The largest absolute Gasteiger partial charge is 0.466 e. The van der Waals surface area contributed by atoms with Gasteiger partial charge in [-0.05, 0) is 26.7 Å². The summed E-state index contributed by atoms with van der Waals surface area (Å²) in [5, 5.41) is 3.40. The molecule has 0 bridgehead atoms. The van der Waals surface area contributed by atoms with Gasteiger partial charge in [-0.3, -0.25) is 4.79 Å². The first-order chi connectivity index (χ1) is 6.22. The van der Waals surface area contributed by atoms with Gasteiger partial charge in [-0.1, -0.05) is 6.42 Å². The van der Waals surface area contributed by atoms with Crippen molar-refractivity contribution in [3.05, 3.63) is 0 Å². The molecule has 3 heteroatoms. The van der Waals surface area contributed by atoms with Crippen LogP contribution in [-0.2, 0) is 9.53 Å². The van der Waals surface area contributed by atoms with Crippen molar-refractivity contribution >= 4 is 5.97 Å². The molecule has 0 amide bonds. The lowest BCUT2D eigenvalue weighted by molar-refractivity contribution is -0.143. The predicted octanol–water partition coefficient (Wildman–Crippen LogP) is 1.47. The quantitative estimate of drug-likeness (QED) is 0.659. The third-order valence-corrected chi connectivity index (χ3v) is 2.40. The van der Waals surface area contributed by atoms with E-state index in [4.69, 9.17) is 4.74 Å². The second kappa shape index (κ2) is 5.22. The number of carbonyl (C=O) groups is 1. The molecule has 0 spiro atoms. The van der Waals surface area contributed by atoms with Crippen molar-refractivity contribution < 1.29 is 9.53 Å². The Hall–Kier alpha value is -0.570. The van der Waals surface area contributed by atoms with Crippen LogP contribution in [0.4, 0.5) is 0 Å². The molecule has 0 radical (unpaired) electrons. The Labute approximate surface area is 79.8 Å². The highest BCUT2D eigenvalue weighted by Gasteiger charge is 2.20. The number of hydrogen-bond donors (Lipinski definition) is 1. The first-order valence-electron chi connectivity index (χ1n) is 5.14. The molecule has 0 aromatic carbocycles. The molecule has 1 aliphatic rings. The van der Waals surface area contributed by atoms with Crippen molar-refractivity contribution in [2.45, 2.75) is 51.6 Å². The Bertz CT molecular complexity index is 166. The van der Waals surface area contributed by atoms with Gasteiger partial charge < -0.3 is 10.1 Å². The van der Waals surface area contributed by atoms with Crippen LogP contribution in [0.25, 0.3) is 0 Å². The van der Waals surface area contributed by atoms with E-state index in [1.54, 1.807) is 0 Å². The number of nitrogens with one attached hydrogen (secondary N) is 1. The average molecular weight is 185 g/mol. The minimum atomic E-state index is -0.0955. The van der Waals surface area contributed by atoms with Crippen LogP contribution in [0.2, 0.25) is 0 Å². The lowest BCUT2D eigenvalue weighted by Crippen LogP contribution is -2.41. The predicted molar refractivity (Wildman–Crippen MR) is 51.5 cm³/mol. The summed E-state index contributed by atoms with van der Waals surface area (Å²) >= 11 is 0. The fourth-order valence-electron chi connectivity index (χ4n) is 1.51. The zero-order valence-corrected chi connectivity index (χ0v) is 8.51. The van der Waals surface area contributed by atoms with Gasteiger partial charge in [0, 0.05) is 12.1 Å². The summed E-state index contributed by atoms with van der Waals surface area (Å²) in [6.45, 7) is 4.35. The van der Waals surface area contributed by atoms with Crippen molar-refractivity contribution in [1.29, 1.82) is 0 Å². The lowest BCUT2D eigenvalue weighted by atomic mass is 9.92. The molecule has 1 saturated carbocycles. The molecule has 0 aromatic heterocycles. The number of ether oxygens (including phenoxy) is 1. The molecule has 1 rings (SSSR count). The summed E-state index contributed by atoms with van der Waals surface area (Å²) in [4.78, 5) is 11.1. The fraction of sp³-hybridized carbons (Fsp3) is 0.900. The topological polar surface area (TPSA) is 38.3 Å². The van der Waals surface area contributed by atoms with Crippen molar-refractivity contribution in [2.24, 2.45) is 0 Å². The zero-order valence-electron chi connectivity index (χ0n) is 8.51. The van der Waals surface area contributed by atoms with Crippen molar-refractivity contribution in [3.63, 3.8) is 0 Å². The molecule has 76 valence electrons. The number of esters is 1. The zero-order chi connectivity index (χ0) is 9.68. The third-order valence-electron chi connectivity index (χ3n) is 2.40. The summed E-state index contributed by atoms with van der Waals surface area (Å²) in [7, 11) is 0. The maximum absolute atomic E-state index is 11.1. The lowest BCUT2D eigenvalue weighted by Gasteiger charge is -2.29. The Balaban J connectivity index is 2.08. The number of rotatable bonds is 5. The minimum absolute atomic E-state index is 0.0955. The van der Waals surface area contributed by atoms with E-state index in [0.717, 1.165) is 0 Å². The Morgan fingerprint density at radius 2 is 2.31 bits per heavy atom. The molecule has 1 atom stereocenters. The van der Waals surface area contributed by atoms with E-state index in [0.29, 0.717) is 19.1 Å². The maximum Gasteiger partial charge on any atom is 0.307 e. The average Bonchev–Trinajstić information content (AvgIpc) is 1.97. The summed E-state index contributed by atoms with van der Waals surface area (Å²) in [6, 6.07) is 0.897. The monoisotopic (exact) mass is 185 g/mol. The molecule has 1 unspecified atom stereocenters. The van der Waals surface area contributed by atoms with Gasteiger partial charge in [0.15, 0.2) is 0 Å². The van der Waals surface area contributed by atoms with Crippen molar-refractivity contribution in [3.8, 4) is 0 Å². The van der Waals surface area contributed by atoms with Crippen LogP contribution < -0.4 is 5.32 Å². The number of carbonyl (C=O) groups excluding carboxylic acids is 1. The summed E-state index contributed by atoms with van der Waals surface area (Å²) in [6.07, 6.45) is 4.33. The molecular weight excluding hydrogens is 166 g/mol. The molecule has 0 aliphatic heterocycles. The Morgan fingerprint density at radius 1 is 1.62 bits per heavy atom. The molecule has 1 aliphatic carbocycles. The van der Waals surface area contributed by atoms with Gasteiger partial charge in [0.2, 0.25) is 0 Å². The van der Waals surface area contributed by atoms with E-state index < -0.39 is 0 Å². The standard InChI is InChI=1S/C10H19NO2/c1-3-13-10(12)7-8(2)11-9-5-4-6-9/h8-9,11H,3-7H2,1-2H3. The second-order valence-corrected chi connectivity index (χ2v) is 3.70. The molecule has 1 N–H and O–H groups in total. The smallest absolute Gasteiger partial charge is 0.307 e. The molecule has 3 nitrogen and oxygen atoms in total. The van der Waals surface area contributed by atoms with Crippen LogP contribution in [0.3, 0.4) is 0 Å². The van der Waals surface area contributed by atoms with E-state index >= 15 is 0 Å². The van der Waals surface area contributed by atoms with Crippen LogP contribution >= 0.6 is 0 Å². The maximum atomic E-state index is 11.1. The Morgan fingerprint density at radius 3 is 2.77 bits per heavy atom. The van der Waals surface area contributed by atoms with Gasteiger partial charge in [-0.25, -0.2) is 0 Å². The Kier molecular flexibility index (Phi) is 4.22. The van der Waals surface area contributed by atoms with Gasteiger partial charge in [0.25, 0.3) is 0 Å². The van der Waals surface area contributed by atoms with Crippen LogP contribution in [0.5, 0.6) is 0 Å².